The number of likely N-dealkylation sites (N-methyl/N-ethyl adjacent to an activating group) is 1. The first kappa shape index (κ1) is 17.1. The third-order valence-corrected chi connectivity index (χ3v) is 4.23. The van der Waals surface area contributed by atoms with Crippen LogP contribution in [-0.4, -0.2) is 40.0 Å². The van der Waals surface area contributed by atoms with E-state index in [2.05, 4.69) is 4.98 Å². The number of carbonyl (C=O) groups is 2. The van der Waals surface area contributed by atoms with Crippen LogP contribution >= 0.6 is 11.3 Å². The second kappa shape index (κ2) is 7.82. The summed E-state index contributed by atoms with van der Waals surface area (Å²) >= 11 is 1.35. The molecule has 122 valence electrons. The first-order chi connectivity index (χ1) is 11.0. The standard InChI is InChI=1S/C16H17FN2O3S/c1-2-19(7-6-15(21)22)14(20)9-13-10-23-16(18-13)11-4-3-5-12(17)8-11/h3-5,8,10H,2,6-7,9H2,1H3,(H,21,22). The topological polar surface area (TPSA) is 70.5 Å². The van der Waals surface area contributed by atoms with Crippen molar-refractivity contribution in [2.75, 3.05) is 13.1 Å². The fraction of sp³-hybridized carbons (Fsp3) is 0.312. The molecule has 0 unspecified atom stereocenters. The summed E-state index contributed by atoms with van der Waals surface area (Å²) < 4.78 is 13.2. The van der Waals surface area contributed by atoms with Gasteiger partial charge in [0.25, 0.3) is 0 Å². The summed E-state index contributed by atoms with van der Waals surface area (Å²) in [4.78, 5) is 28.7. The molecule has 0 aliphatic rings. The molecule has 1 N–H and O–H groups in total. The molecular weight excluding hydrogens is 319 g/mol. The highest BCUT2D eigenvalue weighted by Gasteiger charge is 2.15. The lowest BCUT2D eigenvalue weighted by Crippen LogP contribution is -2.34. The smallest absolute Gasteiger partial charge is 0.305 e. The van der Waals surface area contributed by atoms with E-state index in [4.69, 9.17) is 5.11 Å². The quantitative estimate of drug-likeness (QED) is 0.844. The van der Waals surface area contributed by atoms with Crippen LogP contribution in [0.15, 0.2) is 29.6 Å². The zero-order valence-electron chi connectivity index (χ0n) is 12.7. The Bertz CT molecular complexity index is 702. The van der Waals surface area contributed by atoms with Gasteiger partial charge in [-0.15, -0.1) is 11.3 Å². The summed E-state index contributed by atoms with van der Waals surface area (Å²) in [6, 6.07) is 6.14. The van der Waals surface area contributed by atoms with E-state index >= 15 is 0 Å². The van der Waals surface area contributed by atoms with Crippen molar-refractivity contribution in [1.29, 1.82) is 0 Å². The number of halogens is 1. The molecular formula is C16H17FN2O3S. The summed E-state index contributed by atoms with van der Waals surface area (Å²) in [6.07, 6.45) is 0.0322. The number of hydrogen-bond acceptors (Lipinski definition) is 4. The van der Waals surface area contributed by atoms with Gasteiger partial charge in [0.2, 0.25) is 5.91 Å². The van der Waals surface area contributed by atoms with Crippen molar-refractivity contribution in [3.8, 4) is 10.6 Å². The molecule has 0 radical (unpaired) electrons. The third-order valence-electron chi connectivity index (χ3n) is 3.29. The van der Waals surface area contributed by atoms with Gasteiger partial charge in [0.1, 0.15) is 10.8 Å². The Morgan fingerprint density at radius 3 is 2.83 bits per heavy atom. The molecule has 1 aromatic heterocycles. The molecule has 7 heteroatoms. The minimum atomic E-state index is -0.932. The molecule has 5 nitrogen and oxygen atoms in total. The molecule has 0 fully saturated rings. The van der Waals surface area contributed by atoms with E-state index in [-0.39, 0.29) is 31.1 Å². The summed E-state index contributed by atoms with van der Waals surface area (Å²) in [5.41, 5.74) is 1.28. The number of thiazole rings is 1. The van der Waals surface area contributed by atoms with Gasteiger partial charge in [-0.1, -0.05) is 12.1 Å². The van der Waals surface area contributed by atoms with Gasteiger partial charge in [-0.25, -0.2) is 9.37 Å². The van der Waals surface area contributed by atoms with E-state index < -0.39 is 5.97 Å². The Morgan fingerprint density at radius 1 is 1.39 bits per heavy atom. The molecule has 0 aliphatic heterocycles. The average molecular weight is 336 g/mol. The highest BCUT2D eigenvalue weighted by molar-refractivity contribution is 7.13. The molecule has 2 rings (SSSR count). The Hall–Kier alpha value is -2.28. The monoisotopic (exact) mass is 336 g/mol. The van der Waals surface area contributed by atoms with Crippen molar-refractivity contribution in [2.24, 2.45) is 0 Å². The number of hydrogen-bond donors (Lipinski definition) is 1. The molecule has 0 saturated heterocycles. The van der Waals surface area contributed by atoms with Gasteiger partial charge in [-0.2, -0.15) is 0 Å². The predicted octanol–water partition coefficient (Wildman–Crippen LogP) is 2.81. The van der Waals surface area contributed by atoms with Gasteiger partial charge in [-0.05, 0) is 19.1 Å². The van der Waals surface area contributed by atoms with Crippen LogP contribution in [0.2, 0.25) is 0 Å². The second-order valence-corrected chi connectivity index (χ2v) is 5.81. The van der Waals surface area contributed by atoms with Crippen molar-refractivity contribution in [1.82, 2.24) is 9.88 Å². The number of benzene rings is 1. The number of carboxylic acids is 1. The molecule has 0 aliphatic carbocycles. The van der Waals surface area contributed by atoms with E-state index in [1.54, 1.807) is 24.4 Å². The largest absolute Gasteiger partial charge is 0.481 e. The molecule has 0 bridgehead atoms. The van der Waals surface area contributed by atoms with Crippen LogP contribution in [0.1, 0.15) is 19.0 Å². The average Bonchev–Trinajstić information content (AvgIpc) is 2.96. The number of amides is 1. The van der Waals surface area contributed by atoms with Gasteiger partial charge in [0.15, 0.2) is 0 Å². The zero-order valence-corrected chi connectivity index (χ0v) is 13.5. The summed E-state index contributed by atoms with van der Waals surface area (Å²) in [6.45, 7) is 2.44. The molecule has 0 spiro atoms. The molecule has 2 aromatic rings. The van der Waals surface area contributed by atoms with Gasteiger partial charge < -0.3 is 10.0 Å². The van der Waals surface area contributed by atoms with E-state index in [0.29, 0.717) is 22.8 Å². The van der Waals surface area contributed by atoms with Crippen LogP contribution < -0.4 is 0 Å². The predicted molar refractivity (Wildman–Crippen MR) is 85.7 cm³/mol. The lowest BCUT2D eigenvalue weighted by atomic mass is 10.2. The van der Waals surface area contributed by atoms with E-state index in [0.717, 1.165) is 0 Å². The Kier molecular flexibility index (Phi) is 5.81. The molecule has 1 amide bonds. The number of rotatable bonds is 7. The van der Waals surface area contributed by atoms with Crippen LogP contribution in [0.25, 0.3) is 10.6 Å². The summed E-state index contributed by atoms with van der Waals surface area (Å²) in [7, 11) is 0. The van der Waals surface area contributed by atoms with Crippen molar-refractivity contribution >= 4 is 23.2 Å². The van der Waals surface area contributed by atoms with Crippen LogP contribution in [0, 0.1) is 5.82 Å². The maximum atomic E-state index is 13.2. The number of aliphatic carboxylic acids is 1. The zero-order chi connectivity index (χ0) is 16.8. The van der Waals surface area contributed by atoms with Crippen molar-refractivity contribution < 1.29 is 19.1 Å². The molecule has 1 heterocycles. The van der Waals surface area contributed by atoms with Crippen LogP contribution in [0.3, 0.4) is 0 Å². The fourth-order valence-electron chi connectivity index (χ4n) is 2.10. The lowest BCUT2D eigenvalue weighted by molar-refractivity contribution is -0.138. The first-order valence-corrected chi connectivity index (χ1v) is 8.07. The molecule has 23 heavy (non-hydrogen) atoms. The van der Waals surface area contributed by atoms with Gasteiger partial charge in [-0.3, -0.25) is 9.59 Å². The first-order valence-electron chi connectivity index (χ1n) is 7.19. The SMILES string of the molecule is CCN(CCC(=O)O)C(=O)Cc1csc(-c2cccc(F)c2)n1. The maximum absolute atomic E-state index is 13.2. The van der Waals surface area contributed by atoms with E-state index in [1.165, 1.54) is 28.4 Å². The number of nitrogens with zero attached hydrogens (tertiary/aromatic N) is 2. The highest BCUT2D eigenvalue weighted by atomic mass is 32.1. The van der Waals surface area contributed by atoms with Crippen LogP contribution in [0.4, 0.5) is 4.39 Å². The lowest BCUT2D eigenvalue weighted by Gasteiger charge is -2.19. The van der Waals surface area contributed by atoms with Crippen LogP contribution in [0.5, 0.6) is 0 Å². The number of carboxylic acid groups (broad SMARTS) is 1. The highest BCUT2D eigenvalue weighted by Crippen LogP contribution is 2.24. The van der Waals surface area contributed by atoms with Crippen molar-refractivity contribution in [3.05, 3.63) is 41.2 Å². The maximum Gasteiger partial charge on any atom is 0.305 e. The van der Waals surface area contributed by atoms with Crippen LogP contribution in [-0.2, 0) is 16.0 Å². The van der Waals surface area contributed by atoms with Crippen molar-refractivity contribution in [2.45, 2.75) is 19.8 Å². The minimum absolute atomic E-state index is 0.0782. The van der Waals surface area contributed by atoms with Gasteiger partial charge >= 0.3 is 5.97 Å². The van der Waals surface area contributed by atoms with Gasteiger partial charge in [0, 0.05) is 24.0 Å². The molecule has 0 atom stereocenters. The second-order valence-electron chi connectivity index (χ2n) is 4.95. The van der Waals surface area contributed by atoms with E-state index in [1.807, 2.05) is 0 Å². The summed E-state index contributed by atoms with van der Waals surface area (Å²) in [5, 5.41) is 11.1. The molecule has 0 saturated carbocycles. The van der Waals surface area contributed by atoms with Crippen molar-refractivity contribution in [3.63, 3.8) is 0 Å². The third kappa shape index (κ3) is 4.85. The Balaban J connectivity index is 2.03. The minimum Gasteiger partial charge on any atom is -0.481 e. The Morgan fingerprint density at radius 2 is 2.17 bits per heavy atom. The summed E-state index contributed by atoms with van der Waals surface area (Å²) in [5.74, 6) is -1.43. The normalized spacial score (nSPS) is 10.5. The fourth-order valence-corrected chi connectivity index (χ4v) is 2.92. The Labute approximate surface area is 137 Å². The number of aromatic nitrogens is 1. The molecule has 1 aromatic carbocycles. The van der Waals surface area contributed by atoms with E-state index in [9.17, 15) is 14.0 Å². The number of carbonyl (C=O) groups excluding carboxylic acids is 1. The van der Waals surface area contributed by atoms with Gasteiger partial charge in [0.05, 0.1) is 18.5 Å².